The number of rotatable bonds is 5. The Hall–Kier alpha value is -7.55. The van der Waals surface area contributed by atoms with Gasteiger partial charge in [0.15, 0.2) is 23.1 Å². The predicted molar refractivity (Wildman–Crippen MR) is 232 cm³/mol. The molecule has 0 N–H and O–H groups in total. The molecule has 12 rings (SSSR count). The third kappa shape index (κ3) is 5.01. The minimum atomic E-state index is 0.556. The van der Waals surface area contributed by atoms with Crippen molar-refractivity contribution in [3.8, 4) is 51.4 Å². The molecule has 0 aliphatic carbocycles. The Morgan fingerprint density at radius 3 is 1.77 bits per heavy atom. The van der Waals surface area contributed by atoms with E-state index in [0.29, 0.717) is 29.0 Å². The van der Waals surface area contributed by atoms with Crippen molar-refractivity contribution in [3.63, 3.8) is 0 Å². The Kier molecular flexibility index (Phi) is 6.96. The Balaban J connectivity index is 1.04. The normalized spacial score (nSPS) is 11.9. The van der Waals surface area contributed by atoms with Crippen LogP contribution in [-0.4, -0.2) is 29.5 Å². The van der Waals surface area contributed by atoms with Gasteiger partial charge in [-0.1, -0.05) is 133 Å². The van der Waals surface area contributed by atoms with Crippen molar-refractivity contribution in [3.05, 3.63) is 170 Å². The van der Waals surface area contributed by atoms with Crippen LogP contribution in [0.15, 0.2) is 174 Å². The van der Waals surface area contributed by atoms with E-state index in [9.17, 15) is 0 Å². The molecule has 12 aromatic rings. The fraction of sp³-hybridized carbons (Fsp3) is 0. The molecule has 0 saturated carbocycles. The average molecular weight is 749 g/mol. The smallest absolute Gasteiger partial charge is 0.238 e. The summed E-state index contributed by atoms with van der Waals surface area (Å²) in [5, 5.41) is 5.68. The predicted octanol–water partition coefficient (Wildman–Crippen LogP) is 12.7. The highest BCUT2D eigenvalue weighted by atomic mass is 32.1. The average Bonchev–Trinajstić information content (AvgIpc) is 3.96. The molecule has 0 amide bonds. The summed E-state index contributed by atoms with van der Waals surface area (Å²) in [5.41, 5.74) is 8.65. The molecule has 0 spiro atoms. The number of para-hydroxylation sites is 3. The molecule has 0 aliphatic rings. The summed E-state index contributed by atoms with van der Waals surface area (Å²) in [4.78, 5) is 25.7. The van der Waals surface area contributed by atoms with Crippen molar-refractivity contribution in [1.82, 2.24) is 29.5 Å². The van der Waals surface area contributed by atoms with Gasteiger partial charge in [0.2, 0.25) is 5.95 Å². The van der Waals surface area contributed by atoms with Crippen LogP contribution < -0.4 is 0 Å². The highest BCUT2D eigenvalue weighted by molar-refractivity contribution is 7.26. The van der Waals surface area contributed by atoms with Crippen LogP contribution >= 0.6 is 11.3 Å². The third-order valence-electron chi connectivity index (χ3n) is 10.7. The van der Waals surface area contributed by atoms with E-state index in [1.165, 1.54) is 15.5 Å². The van der Waals surface area contributed by atoms with Gasteiger partial charge in [0.05, 0.1) is 11.0 Å². The van der Waals surface area contributed by atoms with Gasteiger partial charge in [-0.25, -0.2) is 15.0 Å². The Labute approximate surface area is 329 Å². The summed E-state index contributed by atoms with van der Waals surface area (Å²) in [5.74, 6) is 2.38. The van der Waals surface area contributed by atoms with Gasteiger partial charge >= 0.3 is 0 Å². The van der Waals surface area contributed by atoms with Crippen LogP contribution in [0.3, 0.4) is 0 Å². The standard InChI is InChI=1S/C49H28N6OS/c1-2-13-30(14-3-1)46-52-47(54-49(53-46)55-38-21-8-4-15-32(38)33-16-5-9-22-39(33)55)31-27-25-29(26-28-31)42-44-43(36-18-6-10-23-40(36)56-44)51-48(50-42)37-20-12-19-35-34-17-7-11-24-41(34)57-45(35)37/h1-28H. The number of nitrogens with zero attached hydrogens (tertiary/aromatic N) is 6. The Morgan fingerprint density at radius 2 is 1.02 bits per heavy atom. The fourth-order valence-corrected chi connectivity index (χ4v) is 9.27. The van der Waals surface area contributed by atoms with Crippen LogP contribution in [-0.2, 0) is 0 Å². The monoisotopic (exact) mass is 748 g/mol. The lowest BCUT2D eigenvalue weighted by Gasteiger charge is -2.11. The number of hydrogen-bond acceptors (Lipinski definition) is 7. The van der Waals surface area contributed by atoms with E-state index in [1.807, 2.05) is 48.5 Å². The highest BCUT2D eigenvalue weighted by Crippen LogP contribution is 2.42. The molecule has 266 valence electrons. The van der Waals surface area contributed by atoms with E-state index < -0.39 is 0 Å². The quantitative estimate of drug-likeness (QED) is 0.174. The summed E-state index contributed by atoms with van der Waals surface area (Å²) < 4.78 is 11.0. The maximum atomic E-state index is 6.51. The van der Waals surface area contributed by atoms with Crippen molar-refractivity contribution in [2.75, 3.05) is 0 Å². The van der Waals surface area contributed by atoms with Crippen molar-refractivity contribution in [1.29, 1.82) is 0 Å². The van der Waals surface area contributed by atoms with E-state index >= 15 is 0 Å². The van der Waals surface area contributed by atoms with E-state index in [-0.39, 0.29) is 0 Å². The summed E-state index contributed by atoms with van der Waals surface area (Å²) >= 11 is 1.77. The number of benzene rings is 7. The lowest BCUT2D eigenvalue weighted by molar-refractivity contribution is 0.667. The molecule has 0 radical (unpaired) electrons. The van der Waals surface area contributed by atoms with Gasteiger partial charge in [-0.2, -0.15) is 9.97 Å². The minimum absolute atomic E-state index is 0.556. The van der Waals surface area contributed by atoms with Crippen molar-refractivity contribution >= 4 is 75.4 Å². The van der Waals surface area contributed by atoms with Gasteiger partial charge < -0.3 is 4.42 Å². The molecule has 57 heavy (non-hydrogen) atoms. The molecular formula is C49H28N6OS. The van der Waals surface area contributed by atoms with Crippen LogP contribution in [0.1, 0.15) is 0 Å². The SMILES string of the molecule is c1ccc(-c2nc(-c3ccc(-c4nc(-c5cccc6c5sc5ccccc56)nc5c4oc4ccccc45)cc3)nc(-n3c4ccccc4c4ccccc43)n2)cc1. The largest absolute Gasteiger partial charge is 0.452 e. The van der Waals surface area contributed by atoms with Crippen LogP contribution in [0.2, 0.25) is 0 Å². The summed E-state index contributed by atoms with van der Waals surface area (Å²) in [6.07, 6.45) is 0. The van der Waals surface area contributed by atoms with Crippen molar-refractivity contribution < 1.29 is 4.42 Å². The van der Waals surface area contributed by atoms with Crippen LogP contribution in [0.4, 0.5) is 0 Å². The summed E-state index contributed by atoms with van der Waals surface area (Å²) in [6.45, 7) is 0. The van der Waals surface area contributed by atoms with Crippen LogP contribution in [0.5, 0.6) is 0 Å². The Bertz CT molecular complexity index is 3480. The zero-order chi connectivity index (χ0) is 37.5. The maximum Gasteiger partial charge on any atom is 0.238 e. The first-order valence-corrected chi connectivity index (χ1v) is 19.6. The second-order valence-electron chi connectivity index (χ2n) is 14.0. The lowest BCUT2D eigenvalue weighted by atomic mass is 10.1. The maximum absolute atomic E-state index is 6.51. The first-order chi connectivity index (χ1) is 28.2. The van der Waals surface area contributed by atoms with Crippen LogP contribution in [0, 0.1) is 0 Å². The number of hydrogen-bond donors (Lipinski definition) is 0. The highest BCUT2D eigenvalue weighted by Gasteiger charge is 2.21. The van der Waals surface area contributed by atoms with Gasteiger partial charge in [-0.15, -0.1) is 11.3 Å². The van der Waals surface area contributed by atoms with Gasteiger partial charge in [-0.3, -0.25) is 4.57 Å². The van der Waals surface area contributed by atoms with Gasteiger partial charge in [0.1, 0.15) is 16.8 Å². The minimum Gasteiger partial charge on any atom is -0.452 e. The molecule has 0 saturated heterocycles. The topological polar surface area (TPSA) is 82.5 Å². The van der Waals surface area contributed by atoms with E-state index in [1.54, 1.807) is 11.3 Å². The Morgan fingerprint density at radius 1 is 0.421 bits per heavy atom. The molecule has 7 aromatic carbocycles. The second-order valence-corrected chi connectivity index (χ2v) is 15.1. The van der Waals surface area contributed by atoms with Gasteiger partial charge in [-0.05, 0) is 36.4 Å². The molecule has 8 heteroatoms. The molecule has 5 aromatic heterocycles. The van der Waals surface area contributed by atoms with E-state index in [2.05, 4.69) is 126 Å². The summed E-state index contributed by atoms with van der Waals surface area (Å²) in [6, 6.07) is 58.1. The van der Waals surface area contributed by atoms with E-state index in [0.717, 1.165) is 70.9 Å². The van der Waals surface area contributed by atoms with Crippen molar-refractivity contribution in [2.45, 2.75) is 0 Å². The lowest BCUT2D eigenvalue weighted by Crippen LogP contribution is -2.06. The molecule has 0 bridgehead atoms. The van der Waals surface area contributed by atoms with Crippen LogP contribution in [0.25, 0.3) is 115 Å². The van der Waals surface area contributed by atoms with Gasteiger partial charge in [0.25, 0.3) is 0 Å². The number of aromatic nitrogens is 6. The second kappa shape index (κ2) is 12.5. The fourth-order valence-electron chi connectivity index (χ4n) is 8.06. The third-order valence-corrected chi connectivity index (χ3v) is 11.9. The molecular weight excluding hydrogens is 721 g/mol. The number of furan rings is 1. The first kappa shape index (κ1) is 31.8. The molecule has 0 aliphatic heterocycles. The summed E-state index contributed by atoms with van der Waals surface area (Å²) in [7, 11) is 0. The molecule has 0 atom stereocenters. The molecule has 0 fully saturated rings. The van der Waals surface area contributed by atoms with E-state index in [4.69, 9.17) is 29.3 Å². The van der Waals surface area contributed by atoms with Gasteiger partial charge in [0, 0.05) is 58.6 Å². The zero-order valence-electron chi connectivity index (χ0n) is 30.2. The zero-order valence-corrected chi connectivity index (χ0v) is 31.0. The van der Waals surface area contributed by atoms with Crippen molar-refractivity contribution in [2.24, 2.45) is 0 Å². The molecule has 5 heterocycles. The first-order valence-electron chi connectivity index (χ1n) is 18.8. The molecule has 7 nitrogen and oxygen atoms in total. The number of thiophene rings is 1. The number of fused-ring (bicyclic) bond motifs is 9. The molecule has 0 unspecified atom stereocenters.